The molecule has 0 radical (unpaired) electrons. The van der Waals surface area contributed by atoms with Crippen LogP contribution in [-0.2, 0) is 5.41 Å². The molecule has 1 N–H and O–H groups in total. The number of piperidine rings is 1. The molecule has 1 aliphatic heterocycles. The molecular formula is C22H24F2N2O. The Morgan fingerprint density at radius 1 is 1.04 bits per heavy atom. The number of likely N-dealkylation sites (tertiary alicyclic amines) is 1. The van der Waals surface area contributed by atoms with Crippen molar-refractivity contribution in [3.63, 3.8) is 0 Å². The van der Waals surface area contributed by atoms with Crippen molar-refractivity contribution in [3.8, 4) is 0 Å². The average Bonchev–Trinajstić information content (AvgIpc) is 3.44. The van der Waals surface area contributed by atoms with Crippen molar-refractivity contribution in [2.24, 2.45) is 0 Å². The first-order valence-electron chi connectivity index (χ1n) is 9.59. The Kier molecular flexibility index (Phi) is 4.96. The zero-order valence-electron chi connectivity index (χ0n) is 15.3. The SMILES string of the molecule is O=C(NC1CCN(CC2(c3ccccc3)CC2)CC1)c1cc(F)cc(F)c1. The smallest absolute Gasteiger partial charge is 0.251 e. The fourth-order valence-electron chi connectivity index (χ4n) is 4.10. The Balaban J connectivity index is 1.30. The number of carbonyl (C=O) groups is 1. The number of nitrogens with one attached hydrogen (secondary N) is 1. The van der Waals surface area contributed by atoms with Crippen molar-refractivity contribution >= 4 is 5.91 Å². The van der Waals surface area contributed by atoms with Gasteiger partial charge >= 0.3 is 0 Å². The lowest BCUT2D eigenvalue weighted by Gasteiger charge is -2.35. The summed E-state index contributed by atoms with van der Waals surface area (Å²) < 4.78 is 26.6. The highest BCUT2D eigenvalue weighted by Crippen LogP contribution is 2.48. The summed E-state index contributed by atoms with van der Waals surface area (Å²) in [7, 11) is 0. The Labute approximate surface area is 158 Å². The van der Waals surface area contributed by atoms with Crippen LogP contribution < -0.4 is 5.32 Å². The van der Waals surface area contributed by atoms with E-state index < -0.39 is 17.5 Å². The highest BCUT2D eigenvalue weighted by atomic mass is 19.1. The number of nitrogens with zero attached hydrogens (tertiary/aromatic N) is 1. The quantitative estimate of drug-likeness (QED) is 0.866. The highest BCUT2D eigenvalue weighted by molar-refractivity contribution is 5.94. The van der Waals surface area contributed by atoms with Gasteiger partial charge in [0.25, 0.3) is 5.91 Å². The zero-order valence-corrected chi connectivity index (χ0v) is 15.3. The summed E-state index contributed by atoms with van der Waals surface area (Å²) in [5, 5.41) is 2.92. The molecule has 2 aromatic rings. The van der Waals surface area contributed by atoms with Crippen LogP contribution in [0.15, 0.2) is 48.5 Å². The van der Waals surface area contributed by atoms with Crippen molar-refractivity contribution in [2.75, 3.05) is 19.6 Å². The first-order valence-corrected chi connectivity index (χ1v) is 9.59. The van der Waals surface area contributed by atoms with Crippen LogP contribution >= 0.6 is 0 Å². The fraction of sp³-hybridized carbons (Fsp3) is 0.409. The number of rotatable bonds is 5. The largest absolute Gasteiger partial charge is 0.349 e. The molecule has 5 heteroatoms. The van der Waals surface area contributed by atoms with Gasteiger partial charge in [-0.3, -0.25) is 4.79 Å². The third kappa shape index (κ3) is 4.19. The predicted octanol–water partition coefficient (Wildman–Crippen LogP) is 3.89. The van der Waals surface area contributed by atoms with Crippen LogP contribution in [0.25, 0.3) is 0 Å². The molecule has 0 unspecified atom stereocenters. The van der Waals surface area contributed by atoms with Crippen molar-refractivity contribution in [2.45, 2.75) is 37.1 Å². The van der Waals surface area contributed by atoms with Gasteiger partial charge in [-0.15, -0.1) is 0 Å². The van der Waals surface area contributed by atoms with Crippen LogP contribution in [0.4, 0.5) is 8.78 Å². The van der Waals surface area contributed by atoms with E-state index in [1.54, 1.807) is 0 Å². The maximum Gasteiger partial charge on any atom is 0.251 e. The fourth-order valence-corrected chi connectivity index (χ4v) is 4.10. The number of hydrogen-bond donors (Lipinski definition) is 1. The summed E-state index contributed by atoms with van der Waals surface area (Å²) in [6.07, 6.45) is 4.18. The van der Waals surface area contributed by atoms with Crippen molar-refractivity contribution in [1.29, 1.82) is 0 Å². The standard InChI is InChI=1S/C22H24F2N2O/c23-18-12-16(13-19(24)14-18)21(27)25-20-6-10-26(11-7-20)15-22(8-9-22)17-4-2-1-3-5-17/h1-5,12-14,20H,6-11,15H2,(H,25,27). The number of halogens is 2. The molecule has 0 spiro atoms. The molecule has 1 aliphatic carbocycles. The lowest BCUT2D eigenvalue weighted by molar-refractivity contribution is 0.0907. The van der Waals surface area contributed by atoms with Gasteiger partial charge in [0, 0.05) is 42.7 Å². The summed E-state index contributed by atoms with van der Waals surface area (Å²) in [6.45, 7) is 2.92. The second-order valence-corrected chi connectivity index (χ2v) is 7.83. The number of benzene rings is 2. The molecule has 3 nitrogen and oxygen atoms in total. The van der Waals surface area contributed by atoms with Gasteiger partial charge in [0.2, 0.25) is 0 Å². The predicted molar refractivity (Wildman–Crippen MR) is 101 cm³/mol. The Hall–Kier alpha value is -2.27. The van der Waals surface area contributed by atoms with Crippen LogP contribution in [0.5, 0.6) is 0 Å². The second kappa shape index (κ2) is 7.39. The summed E-state index contributed by atoms with van der Waals surface area (Å²) in [5.41, 5.74) is 1.76. The molecule has 142 valence electrons. The van der Waals surface area contributed by atoms with Crippen LogP contribution in [0.3, 0.4) is 0 Å². The number of hydrogen-bond acceptors (Lipinski definition) is 2. The molecule has 2 fully saturated rings. The molecule has 1 amide bonds. The highest BCUT2D eigenvalue weighted by Gasteiger charge is 2.45. The lowest BCUT2D eigenvalue weighted by Crippen LogP contribution is -2.46. The van der Waals surface area contributed by atoms with Crippen LogP contribution in [0, 0.1) is 11.6 Å². The monoisotopic (exact) mass is 370 g/mol. The van der Waals surface area contributed by atoms with E-state index in [2.05, 4.69) is 40.5 Å². The lowest BCUT2D eigenvalue weighted by atomic mass is 9.94. The van der Waals surface area contributed by atoms with Gasteiger partial charge in [-0.2, -0.15) is 0 Å². The van der Waals surface area contributed by atoms with Crippen molar-refractivity contribution in [1.82, 2.24) is 10.2 Å². The molecule has 0 atom stereocenters. The van der Waals surface area contributed by atoms with Gasteiger partial charge in [-0.25, -0.2) is 8.78 Å². The van der Waals surface area contributed by atoms with Gasteiger partial charge in [0.1, 0.15) is 11.6 Å². The summed E-state index contributed by atoms with van der Waals surface area (Å²) in [4.78, 5) is 14.7. The molecule has 2 aromatic carbocycles. The minimum absolute atomic E-state index is 0.0379. The van der Waals surface area contributed by atoms with Crippen LogP contribution in [-0.4, -0.2) is 36.5 Å². The maximum atomic E-state index is 13.3. The van der Waals surface area contributed by atoms with Gasteiger partial charge < -0.3 is 10.2 Å². The van der Waals surface area contributed by atoms with Gasteiger partial charge in [-0.1, -0.05) is 30.3 Å². The molecule has 2 aliphatic rings. The number of amides is 1. The Bertz CT molecular complexity index is 792. The van der Waals surface area contributed by atoms with E-state index in [1.165, 1.54) is 18.4 Å². The minimum Gasteiger partial charge on any atom is -0.349 e. The first-order chi connectivity index (χ1) is 13.0. The molecule has 1 heterocycles. The molecular weight excluding hydrogens is 346 g/mol. The third-order valence-electron chi connectivity index (χ3n) is 5.81. The van der Waals surface area contributed by atoms with Crippen LogP contribution in [0.1, 0.15) is 41.6 Å². The molecule has 27 heavy (non-hydrogen) atoms. The van der Waals surface area contributed by atoms with Gasteiger partial charge in [0.05, 0.1) is 0 Å². The number of carbonyl (C=O) groups excluding carboxylic acids is 1. The molecule has 0 aromatic heterocycles. The third-order valence-corrected chi connectivity index (χ3v) is 5.81. The normalized spacial score (nSPS) is 19.6. The van der Waals surface area contributed by atoms with E-state index in [-0.39, 0.29) is 11.6 Å². The maximum absolute atomic E-state index is 13.3. The zero-order chi connectivity index (χ0) is 18.9. The first kappa shape index (κ1) is 18.1. The van der Waals surface area contributed by atoms with Gasteiger partial charge in [0.15, 0.2) is 0 Å². The van der Waals surface area contributed by atoms with E-state index in [1.807, 2.05) is 0 Å². The molecule has 1 saturated heterocycles. The van der Waals surface area contributed by atoms with Crippen LogP contribution in [0.2, 0.25) is 0 Å². The van der Waals surface area contributed by atoms with E-state index in [0.717, 1.165) is 50.7 Å². The van der Waals surface area contributed by atoms with E-state index >= 15 is 0 Å². The van der Waals surface area contributed by atoms with E-state index in [9.17, 15) is 13.6 Å². The minimum atomic E-state index is -0.731. The summed E-state index contributed by atoms with van der Waals surface area (Å²) in [6, 6.07) is 13.7. The van der Waals surface area contributed by atoms with E-state index in [4.69, 9.17) is 0 Å². The Morgan fingerprint density at radius 3 is 2.26 bits per heavy atom. The second-order valence-electron chi connectivity index (χ2n) is 7.83. The van der Waals surface area contributed by atoms with Crippen molar-refractivity contribution in [3.05, 3.63) is 71.3 Å². The topological polar surface area (TPSA) is 32.3 Å². The molecule has 0 bridgehead atoms. The molecule has 1 saturated carbocycles. The summed E-state index contributed by atoms with van der Waals surface area (Å²) >= 11 is 0. The average molecular weight is 370 g/mol. The van der Waals surface area contributed by atoms with E-state index in [0.29, 0.717) is 5.41 Å². The molecule has 4 rings (SSSR count). The van der Waals surface area contributed by atoms with Crippen molar-refractivity contribution < 1.29 is 13.6 Å². The Morgan fingerprint density at radius 2 is 1.67 bits per heavy atom. The van der Waals surface area contributed by atoms with Gasteiger partial charge in [-0.05, 0) is 43.4 Å². The summed E-state index contributed by atoms with van der Waals surface area (Å²) in [5.74, 6) is -1.87.